The topological polar surface area (TPSA) is 186 Å². The Morgan fingerprint density at radius 3 is 0.613 bits per heavy atom. The van der Waals surface area contributed by atoms with Crippen LogP contribution in [0.15, 0.2) is 48.5 Å². The second-order valence-corrected chi connectivity index (χ2v) is 24.7. The van der Waals surface area contributed by atoms with Gasteiger partial charge in [-0.2, -0.15) is 0 Å². The Hall–Kier alpha value is -6.04. The monoisotopic (exact) mass is 1100 g/mol. The fourth-order valence-electron chi connectivity index (χ4n) is 15.7. The van der Waals surface area contributed by atoms with Crippen LogP contribution in [-0.2, 0) is 66.5 Å². The quantitative estimate of drug-likeness (QED) is 0.0579. The van der Waals surface area contributed by atoms with Gasteiger partial charge in [-0.05, 0) is 165 Å². The molecule has 0 aliphatic heterocycles. The molecule has 12 heteroatoms. The van der Waals surface area contributed by atoms with Crippen molar-refractivity contribution >= 4 is 23.9 Å². The fourth-order valence-corrected chi connectivity index (χ4v) is 15.7. The highest BCUT2D eigenvalue weighted by atomic mass is 16.5. The van der Waals surface area contributed by atoms with Crippen LogP contribution >= 0.6 is 0 Å². The van der Waals surface area contributed by atoms with Crippen LogP contribution in [0.3, 0.4) is 0 Å². The van der Waals surface area contributed by atoms with Crippen molar-refractivity contribution in [1.82, 2.24) is 0 Å². The molecule has 0 atom stereocenters. The van der Waals surface area contributed by atoms with Gasteiger partial charge in [-0.3, -0.25) is 0 Å². The zero-order valence-electron chi connectivity index (χ0n) is 48.3. The maximum atomic E-state index is 12.7. The van der Waals surface area contributed by atoms with Gasteiger partial charge in [0.15, 0.2) is 26.4 Å². The number of fused-ring (bicyclic) bond motifs is 8. The van der Waals surface area contributed by atoms with Crippen molar-refractivity contribution < 1.29 is 58.6 Å². The molecule has 4 N–H and O–H groups in total. The van der Waals surface area contributed by atoms with Gasteiger partial charge in [-0.15, -0.1) is 0 Å². The number of hydrogen-bond donors (Lipinski definition) is 4. The largest absolute Gasteiger partial charge is 0.481 e. The van der Waals surface area contributed by atoms with Crippen molar-refractivity contribution in [2.45, 2.75) is 229 Å². The average Bonchev–Trinajstić information content (AvgIpc) is 3.47. The SMILES string of the molecule is CCC1(c2cc3c(OCC(=O)O)c(c2)Cc2cc(C4(CC)CCCCC4)cc(c2OCC(=O)O)Cc2cc(C4(CC)CCCCC4)cc(c2OCC(=O)O)Cc2cc(C4(CC)CCCCC4)cc(c2OCC(=O)O)C3)CCCCC1. The summed E-state index contributed by atoms with van der Waals surface area (Å²) < 4.78 is 26.5. The number of carboxylic acid groups (broad SMARTS) is 4. The number of hydrogen-bond acceptors (Lipinski definition) is 8. The van der Waals surface area contributed by atoms with Gasteiger partial charge in [0, 0.05) is 25.7 Å². The molecule has 0 heterocycles. The Kier molecular flexibility index (Phi) is 18.6. The number of benzene rings is 4. The van der Waals surface area contributed by atoms with E-state index in [4.69, 9.17) is 18.9 Å². The minimum atomic E-state index is -1.13. The van der Waals surface area contributed by atoms with Crippen molar-refractivity contribution in [3.05, 3.63) is 115 Å². The third kappa shape index (κ3) is 12.5. The maximum Gasteiger partial charge on any atom is 0.341 e. The number of carboxylic acids is 4. The number of aliphatic carboxylic acids is 4. The summed E-state index contributed by atoms with van der Waals surface area (Å²) in [6, 6.07) is 17.8. The minimum absolute atomic E-state index is 0.178. The van der Waals surface area contributed by atoms with Crippen LogP contribution in [-0.4, -0.2) is 70.7 Å². The molecular weight excluding hydrogens is 1010 g/mol. The zero-order chi connectivity index (χ0) is 56.7. The zero-order valence-corrected chi connectivity index (χ0v) is 48.3. The van der Waals surface area contributed by atoms with E-state index >= 15 is 0 Å². The summed E-state index contributed by atoms with van der Waals surface area (Å²) >= 11 is 0. The molecule has 5 aliphatic carbocycles. The fraction of sp³-hybridized carbons (Fsp3) is 0.588. The summed E-state index contributed by atoms with van der Waals surface area (Å²) in [7, 11) is 0. The molecule has 8 bridgehead atoms. The number of rotatable bonds is 20. The highest BCUT2D eigenvalue weighted by molar-refractivity contribution is 5.71. The van der Waals surface area contributed by atoms with Gasteiger partial charge >= 0.3 is 23.9 Å². The maximum absolute atomic E-state index is 12.7. The third-order valence-corrected chi connectivity index (χ3v) is 20.3. The smallest absolute Gasteiger partial charge is 0.341 e. The summed E-state index contributed by atoms with van der Waals surface area (Å²) in [5.74, 6) is -2.78. The van der Waals surface area contributed by atoms with Crippen LogP contribution in [0.4, 0.5) is 0 Å². The Balaban J connectivity index is 1.44. The van der Waals surface area contributed by atoms with Gasteiger partial charge in [0.2, 0.25) is 0 Å². The highest BCUT2D eigenvalue weighted by Crippen LogP contribution is 2.52. The van der Waals surface area contributed by atoms with Crippen LogP contribution in [0, 0.1) is 0 Å². The van der Waals surface area contributed by atoms with Crippen LogP contribution in [0.2, 0.25) is 0 Å². The van der Waals surface area contributed by atoms with Gasteiger partial charge in [-0.1, -0.05) is 153 Å². The van der Waals surface area contributed by atoms with Crippen molar-refractivity contribution in [2.75, 3.05) is 26.4 Å². The molecule has 9 rings (SSSR count). The standard InChI is InChI=1S/C68H88O12/c1-5-65(21-13-9-14-22-65)53-33-45-29-47-35-54(66(6-2)23-15-10-16-24-66)37-49(62(47)78-42-58(71)72)31-51-39-56(68(8-4)27-19-12-20-28-68)40-52(64(51)80-44-60(75)76)32-50-38-55(67(7-3)25-17-11-18-26-67)36-48(63(50)79-43-59(73)74)30-46(34-53)61(45)77-41-57(69)70/h33-40H,5-32,41-44H2,1-4H3,(H,69,70)(H,71,72)(H,73,74)(H,75,76). The normalized spacial score (nSPS) is 19.2. The number of ether oxygens (including phenoxy) is 4. The molecule has 0 saturated heterocycles. The summed E-state index contributed by atoms with van der Waals surface area (Å²) in [6.07, 6.45) is 25.5. The Morgan fingerprint density at radius 2 is 0.475 bits per heavy atom. The van der Waals surface area contributed by atoms with Crippen LogP contribution in [0.5, 0.6) is 23.0 Å². The second kappa shape index (κ2) is 25.4. The molecule has 4 aromatic carbocycles. The molecule has 5 aliphatic rings. The van der Waals surface area contributed by atoms with Crippen LogP contribution < -0.4 is 18.9 Å². The molecule has 0 unspecified atom stereocenters. The molecule has 0 amide bonds. The molecule has 432 valence electrons. The first-order valence-corrected chi connectivity index (χ1v) is 30.6. The lowest BCUT2D eigenvalue weighted by molar-refractivity contribution is -0.140. The second-order valence-electron chi connectivity index (χ2n) is 24.7. The van der Waals surface area contributed by atoms with Gasteiger partial charge in [0.25, 0.3) is 0 Å². The highest BCUT2D eigenvalue weighted by Gasteiger charge is 2.39. The molecule has 4 saturated carbocycles. The predicted octanol–water partition coefficient (Wildman–Crippen LogP) is 14.7. The lowest BCUT2D eigenvalue weighted by atomic mass is 9.66. The van der Waals surface area contributed by atoms with E-state index in [1.165, 1.54) is 0 Å². The van der Waals surface area contributed by atoms with E-state index in [0.29, 0.717) is 23.0 Å². The summed E-state index contributed by atoms with van der Waals surface area (Å²) in [5, 5.41) is 41.7. The average molecular weight is 1100 g/mol. The molecule has 0 radical (unpaired) electrons. The van der Waals surface area contributed by atoms with Gasteiger partial charge < -0.3 is 39.4 Å². The molecular formula is C68H88O12. The molecule has 0 aromatic heterocycles. The van der Waals surface area contributed by atoms with E-state index < -0.39 is 50.3 Å². The third-order valence-electron chi connectivity index (χ3n) is 20.3. The Labute approximate surface area is 474 Å². The van der Waals surface area contributed by atoms with E-state index in [0.717, 1.165) is 221 Å². The summed E-state index contributed by atoms with van der Waals surface area (Å²) in [6.45, 7) is 6.61. The van der Waals surface area contributed by atoms with E-state index in [9.17, 15) is 39.6 Å². The van der Waals surface area contributed by atoms with Gasteiger partial charge in [0.1, 0.15) is 23.0 Å². The van der Waals surface area contributed by atoms with Gasteiger partial charge in [0.05, 0.1) is 0 Å². The first kappa shape index (κ1) is 58.6. The lowest BCUT2D eigenvalue weighted by Crippen LogP contribution is -2.30. The lowest BCUT2D eigenvalue weighted by Gasteiger charge is -2.39. The predicted molar refractivity (Wildman–Crippen MR) is 310 cm³/mol. The molecule has 12 nitrogen and oxygen atoms in total. The first-order chi connectivity index (χ1) is 38.6. The van der Waals surface area contributed by atoms with Crippen LogP contribution in [0.1, 0.15) is 249 Å². The van der Waals surface area contributed by atoms with E-state index in [2.05, 4.69) is 76.2 Å². The van der Waals surface area contributed by atoms with Crippen LogP contribution in [0.25, 0.3) is 0 Å². The van der Waals surface area contributed by atoms with Crippen molar-refractivity contribution in [3.63, 3.8) is 0 Å². The Morgan fingerprint density at radius 1 is 0.312 bits per heavy atom. The molecule has 0 spiro atoms. The van der Waals surface area contributed by atoms with Gasteiger partial charge in [-0.25, -0.2) is 19.2 Å². The molecule has 80 heavy (non-hydrogen) atoms. The first-order valence-electron chi connectivity index (χ1n) is 30.6. The van der Waals surface area contributed by atoms with Crippen molar-refractivity contribution in [2.24, 2.45) is 0 Å². The Bertz CT molecular complexity index is 2410. The van der Waals surface area contributed by atoms with Crippen molar-refractivity contribution in [3.8, 4) is 23.0 Å². The van der Waals surface area contributed by atoms with E-state index in [-0.39, 0.29) is 47.3 Å². The molecule has 4 fully saturated rings. The summed E-state index contributed by atoms with van der Waals surface area (Å²) in [4.78, 5) is 51.0. The van der Waals surface area contributed by atoms with Crippen molar-refractivity contribution in [1.29, 1.82) is 0 Å². The minimum Gasteiger partial charge on any atom is -0.481 e. The van der Waals surface area contributed by atoms with E-state index in [1.54, 1.807) is 0 Å². The number of carbonyl (C=O) groups is 4. The summed E-state index contributed by atoms with van der Waals surface area (Å²) in [5.41, 5.74) is 9.99. The molecule has 4 aromatic rings. The van der Waals surface area contributed by atoms with E-state index in [1.807, 2.05) is 0 Å².